The molecule has 4 heteroatoms. The van der Waals surface area contributed by atoms with E-state index in [2.05, 4.69) is 15.3 Å². The third kappa shape index (κ3) is 3.47. The second-order valence-electron chi connectivity index (χ2n) is 4.00. The number of rotatable bonds is 3. The molecule has 1 aliphatic heterocycles. The van der Waals surface area contributed by atoms with E-state index in [0.717, 1.165) is 16.5 Å². The summed E-state index contributed by atoms with van der Waals surface area (Å²) in [6.07, 6.45) is 7.72. The molecule has 15 heavy (non-hydrogen) atoms. The molecule has 0 aromatic carbocycles. The molecule has 0 radical (unpaired) electrons. The largest absolute Gasteiger partial charge is 0.313 e. The van der Waals surface area contributed by atoms with Gasteiger partial charge in [0.2, 0.25) is 0 Å². The Kier molecular flexibility index (Phi) is 3.97. The van der Waals surface area contributed by atoms with E-state index in [0.29, 0.717) is 6.04 Å². The topological polar surface area (TPSA) is 37.8 Å². The van der Waals surface area contributed by atoms with Gasteiger partial charge < -0.3 is 5.32 Å². The standard InChI is InChI=1S/C11H17N3S/c1-9-6-13-11(14-7-9)15-8-10-4-2-3-5-12-10/h6-7,10,12H,2-5,8H2,1H3. The van der Waals surface area contributed by atoms with Crippen LogP contribution >= 0.6 is 11.8 Å². The van der Waals surface area contributed by atoms with Gasteiger partial charge in [0.05, 0.1) is 0 Å². The summed E-state index contributed by atoms with van der Waals surface area (Å²) in [5.41, 5.74) is 1.12. The Bertz CT molecular complexity index is 293. The Hall–Kier alpha value is -0.610. The number of hydrogen-bond acceptors (Lipinski definition) is 4. The quantitative estimate of drug-likeness (QED) is 0.628. The predicted octanol–water partition coefficient (Wildman–Crippen LogP) is 2.02. The SMILES string of the molecule is Cc1cnc(SCC2CCCCN2)nc1. The molecule has 2 rings (SSSR count). The summed E-state index contributed by atoms with van der Waals surface area (Å²) in [5, 5.41) is 4.42. The molecule has 1 aromatic rings. The third-order valence-electron chi connectivity index (χ3n) is 2.58. The van der Waals surface area contributed by atoms with Crippen LogP contribution < -0.4 is 5.32 Å². The summed E-state index contributed by atoms with van der Waals surface area (Å²) in [7, 11) is 0. The van der Waals surface area contributed by atoms with Crippen molar-refractivity contribution in [3.05, 3.63) is 18.0 Å². The smallest absolute Gasteiger partial charge is 0.187 e. The van der Waals surface area contributed by atoms with E-state index >= 15 is 0 Å². The zero-order valence-corrected chi connectivity index (χ0v) is 9.89. The number of aromatic nitrogens is 2. The second kappa shape index (κ2) is 5.47. The van der Waals surface area contributed by atoms with Gasteiger partial charge in [-0.3, -0.25) is 0 Å². The van der Waals surface area contributed by atoms with E-state index in [4.69, 9.17) is 0 Å². The first-order chi connectivity index (χ1) is 7.34. The van der Waals surface area contributed by atoms with E-state index < -0.39 is 0 Å². The lowest BCUT2D eigenvalue weighted by Gasteiger charge is -2.22. The molecule has 1 aliphatic rings. The fourth-order valence-corrected chi connectivity index (χ4v) is 2.59. The van der Waals surface area contributed by atoms with Gasteiger partial charge >= 0.3 is 0 Å². The van der Waals surface area contributed by atoms with Crippen LogP contribution in [0.1, 0.15) is 24.8 Å². The van der Waals surface area contributed by atoms with Crippen molar-refractivity contribution in [2.45, 2.75) is 37.4 Å². The summed E-state index contributed by atoms with van der Waals surface area (Å²) in [4.78, 5) is 8.57. The van der Waals surface area contributed by atoms with Crippen molar-refractivity contribution in [2.75, 3.05) is 12.3 Å². The molecule has 1 aromatic heterocycles. The Morgan fingerprint density at radius 2 is 2.20 bits per heavy atom. The molecule has 3 nitrogen and oxygen atoms in total. The first kappa shape index (κ1) is 10.9. The van der Waals surface area contributed by atoms with Gasteiger partial charge in [-0.15, -0.1) is 0 Å². The van der Waals surface area contributed by atoms with E-state index in [-0.39, 0.29) is 0 Å². The highest BCUT2D eigenvalue weighted by atomic mass is 32.2. The zero-order chi connectivity index (χ0) is 10.5. The van der Waals surface area contributed by atoms with Crippen molar-refractivity contribution in [3.8, 4) is 0 Å². The molecule has 0 spiro atoms. The minimum atomic E-state index is 0.647. The van der Waals surface area contributed by atoms with Crippen LogP contribution in [-0.4, -0.2) is 28.3 Å². The maximum atomic E-state index is 4.29. The maximum absolute atomic E-state index is 4.29. The lowest BCUT2D eigenvalue weighted by Crippen LogP contribution is -2.35. The zero-order valence-electron chi connectivity index (χ0n) is 9.07. The molecule has 0 bridgehead atoms. The number of piperidine rings is 1. The Balaban J connectivity index is 1.79. The number of aryl methyl sites for hydroxylation is 1. The van der Waals surface area contributed by atoms with Gasteiger partial charge in [0, 0.05) is 24.2 Å². The molecular weight excluding hydrogens is 206 g/mol. The second-order valence-corrected chi connectivity index (χ2v) is 4.99. The molecule has 1 N–H and O–H groups in total. The summed E-state index contributed by atoms with van der Waals surface area (Å²) in [6.45, 7) is 3.18. The highest BCUT2D eigenvalue weighted by Gasteiger charge is 2.12. The van der Waals surface area contributed by atoms with Crippen molar-refractivity contribution in [1.29, 1.82) is 0 Å². The molecular formula is C11H17N3S. The van der Waals surface area contributed by atoms with Gasteiger partial charge in [-0.05, 0) is 31.9 Å². The van der Waals surface area contributed by atoms with Crippen molar-refractivity contribution in [3.63, 3.8) is 0 Å². The Labute approximate surface area is 95.1 Å². The van der Waals surface area contributed by atoms with Crippen molar-refractivity contribution in [2.24, 2.45) is 0 Å². The molecule has 0 amide bonds. The number of nitrogens with one attached hydrogen (secondary N) is 1. The van der Waals surface area contributed by atoms with Gasteiger partial charge in [0.15, 0.2) is 5.16 Å². The predicted molar refractivity (Wildman–Crippen MR) is 63.1 cm³/mol. The number of nitrogens with zero attached hydrogens (tertiary/aromatic N) is 2. The van der Waals surface area contributed by atoms with E-state index in [1.807, 2.05) is 19.3 Å². The Morgan fingerprint density at radius 3 is 2.87 bits per heavy atom. The monoisotopic (exact) mass is 223 g/mol. The van der Waals surface area contributed by atoms with Gasteiger partial charge in [0.25, 0.3) is 0 Å². The van der Waals surface area contributed by atoms with E-state index in [9.17, 15) is 0 Å². The Morgan fingerprint density at radius 1 is 1.40 bits per heavy atom. The lowest BCUT2D eigenvalue weighted by atomic mass is 10.1. The average Bonchev–Trinajstić information content (AvgIpc) is 2.30. The molecule has 1 unspecified atom stereocenters. The highest BCUT2D eigenvalue weighted by molar-refractivity contribution is 7.99. The first-order valence-electron chi connectivity index (χ1n) is 5.49. The molecule has 1 atom stereocenters. The molecule has 1 saturated heterocycles. The maximum Gasteiger partial charge on any atom is 0.187 e. The fraction of sp³-hybridized carbons (Fsp3) is 0.636. The van der Waals surface area contributed by atoms with Crippen molar-refractivity contribution in [1.82, 2.24) is 15.3 Å². The first-order valence-corrected chi connectivity index (χ1v) is 6.48. The van der Waals surface area contributed by atoms with Crippen LogP contribution in [0.2, 0.25) is 0 Å². The van der Waals surface area contributed by atoms with Gasteiger partial charge in [-0.1, -0.05) is 18.2 Å². The molecule has 0 aliphatic carbocycles. The number of thioether (sulfide) groups is 1. The summed E-state index contributed by atoms with van der Waals surface area (Å²) in [5.74, 6) is 1.09. The van der Waals surface area contributed by atoms with Crippen LogP contribution in [0.15, 0.2) is 17.6 Å². The van der Waals surface area contributed by atoms with Gasteiger partial charge in [-0.25, -0.2) is 9.97 Å². The van der Waals surface area contributed by atoms with Gasteiger partial charge in [-0.2, -0.15) is 0 Å². The fourth-order valence-electron chi connectivity index (χ4n) is 1.70. The van der Waals surface area contributed by atoms with Crippen LogP contribution in [0.4, 0.5) is 0 Å². The summed E-state index contributed by atoms with van der Waals surface area (Å²) < 4.78 is 0. The normalized spacial score (nSPS) is 21.5. The van der Waals surface area contributed by atoms with Crippen LogP contribution in [0, 0.1) is 6.92 Å². The molecule has 2 heterocycles. The molecule has 82 valence electrons. The van der Waals surface area contributed by atoms with Crippen molar-refractivity contribution < 1.29 is 0 Å². The lowest BCUT2D eigenvalue weighted by molar-refractivity contribution is 0.429. The summed E-state index contributed by atoms with van der Waals surface area (Å²) >= 11 is 1.75. The van der Waals surface area contributed by atoms with Crippen molar-refractivity contribution >= 4 is 11.8 Å². The minimum absolute atomic E-state index is 0.647. The third-order valence-corrected chi connectivity index (χ3v) is 3.62. The van der Waals surface area contributed by atoms with Crippen LogP contribution in [0.5, 0.6) is 0 Å². The van der Waals surface area contributed by atoms with E-state index in [1.54, 1.807) is 11.8 Å². The molecule has 1 fully saturated rings. The highest BCUT2D eigenvalue weighted by Crippen LogP contribution is 2.17. The van der Waals surface area contributed by atoms with Crippen LogP contribution in [-0.2, 0) is 0 Å². The van der Waals surface area contributed by atoms with Gasteiger partial charge in [0.1, 0.15) is 0 Å². The number of hydrogen-bond donors (Lipinski definition) is 1. The summed E-state index contributed by atoms with van der Waals surface area (Å²) in [6, 6.07) is 0.647. The van der Waals surface area contributed by atoms with E-state index in [1.165, 1.54) is 25.8 Å². The average molecular weight is 223 g/mol. The minimum Gasteiger partial charge on any atom is -0.313 e. The van der Waals surface area contributed by atoms with Crippen LogP contribution in [0.25, 0.3) is 0 Å². The molecule has 0 saturated carbocycles. The van der Waals surface area contributed by atoms with Crippen LogP contribution in [0.3, 0.4) is 0 Å².